The van der Waals surface area contributed by atoms with Gasteiger partial charge < -0.3 is 35.4 Å². The van der Waals surface area contributed by atoms with Crippen molar-refractivity contribution in [2.45, 2.75) is 82.9 Å². The van der Waals surface area contributed by atoms with Gasteiger partial charge in [-0.3, -0.25) is 14.4 Å². The molecule has 1 fully saturated rings. The number of esters is 1. The van der Waals surface area contributed by atoms with Crippen molar-refractivity contribution in [3.63, 3.8) is 0 Å². The summed E-state index contributed by atoms with van der Waals surface area (Å²) in [6.45, 7) is 5.37. The molecule has 0 aliphatic carbocycles. The second-order valence-electron chi connectivity index (χ2n) is 11.6. The molecule has 12 nitrogen and oxygen atoms in total. The third-order valence-corrected chi connectivity index (χ3v) is 6.96. The van der Waals surface area contributed by atoms with Gasteiger partial charge in [-0.2, -0.15) is 0 Å². The number of nitrogens with one attached hydrogen (secondary N) is 3. The van der Waals surface area contributed by atoms with E-state index in [-0.39, 0.29) is 19.6 Å². The van der Waals surface area contributed by atoms with Crippen LogP contribution in [-0.2, 0) is 41.7 Å². The molecule has 1 saturated heterocycles. The quantitative estimate of drug-likeness (QED) is 0.265. The minimum Gasteiger partial charge on any atom is -0.458 e. The van der Waals surface area contributed by atoms with Crippen molar-refractivity contribution in [1.29, 1.82) is 0 Å². The monoisotopic (exact) mass is 610 g/mol. The van der Waals surface area contributed by atoms with Gasteiger partial charge in [0.2, 0.25) is 11.8 Å². The molecule has 12 heteroatoms. The molecule has 0 radical (unpaired) electrons. The fourth-order valence-electron chi connectivity index (χ4n) is 4.78. The Morgan fingerprint density at radius 1 is 0.955 bits per heavy atom. The molecule has 4 atom stereocenters. The maximum Gasteiger partial charge on any atom is 0.408 e. The van der Waals surface area contributed by atoms with Gasteiger partial charge in [0.25, 0.3) is 5.91 Å². The van der Waals surface area contributed by atoms with E-state index in [9.17, 15) is 29.1 Å². The highest BCUT2D eigenvalue weighted by atomic mass is 16.6. The molecule has 2 aromatic carbocycles. The van der Waals surface area contributed by atoms with Crippen LogP contribution >= 0.6 is 0 Å². The average Bonchev–Trinajstić information content (AvgIpc) is 3.49. The normalized spacial score (nSPS) is 16.7. The zero-order valence-corrected chi connectivity index (χ0v) is 25.6. The second-order valence-corrected chi connectivity index (χ2v) is 11.6. The lowest BCUT2D eigenvalue weighted by molar-refractivity contribution is -0.165. The number of alkyl carbamates (subject to hydrolysis) is 1. The molecule has 0 saturated carbocycles. The molecule has 4 unspecified atom stereocenters. The number of amides is 4. The van der Waals surface area contributed by atoms with Crippen molar-refractivity contribution in [3.05, 3.63) is 71.8 Å². The van der Waals surface area contributed by atoms with E-state index in [1.54, 1.807) is 75.4 Å². The van der Waals surface area contributed by atoms with Crippen LogP contribution in [0.1, 0.15) is 51.2 Å². The fourth-order valence-corrected chi connectivity index (χ4v) is 4.78. The number of carbonyl (C=O) groups is 5. The molecule has 238 valence electrons. The number of carbonyl (C=O) groups excluding carboxylic acids is 5. The fraction of sp³-hybridized carbons (Fsp3) is 0.469. The second kappa shape index (κ2) is 15.9. The maximum absolute atomic E-state index is 13.6. The number of rotatable bonds is 12. The summed E-state index contributed by atoms with van der Waals surface area (Å²) < 4.78 is 10.7. The van der Waals surface area contributed by atoms with Crippen LogP contribution in [0.5, 0.6) is 0 Å². The van der Waals surface area contributed by atoms with Gasteiger partial charge in [-0.25, -0.2) is 9.59 Å². The third kappa shape index (κ3) is 10.4. The first-order valence-corrected chi connectivity index (χ1v) is 14.6. The number of hydrogen-bond donors (Lipinski definition) is 4. The predicted molar refractivity (Wildman–Crippen MR) is 161 cm³/mol. The van der Waals surface area contributed by atoms with E-state index in [0.29, 0.717) is 18.4 Å². The van der Waals surface area contributed by atoms with E-state index in [2.05, 4.69) is 16.0 Å². The number of ether oxygens (including phenoxy) is 2. The molecule has 1 aliphatic rings. The van der Waals surface area contributed by atoms with Crippen LogP contribution in [0, 0.1) is 0 Å². The summed E-state index contributed by atoms with van der Waals surface area (Å²) in [6, 6.07) is 14.4. The van der Waals surface area contributed by atoms with E-state index >= 15 is 0 Å². The SMILES string of the molecule is CNC(=O)CC(NC(=O)OCc1ccccc1)C(=O)NC(Cc1ccccc1)C(O)C(=O)N1CCCC1C(=O)OC(C)(C)C. The lowest BCUT2D eigenvalue weighted by Gasteiger charge is -2.32. The minimum atomic E-state index is -1.74. The number of nitrogens with zero attached hydrogens (tertiary/aromatic N) is 1. The number of hydrogen-bond acceptors (Lipinski definition) is 8. The standard InChI is InChI=1S/C32H42N4O8/c1-32(2,3)44-30(41)25-16-11-17-36(25)29(40)27(38)23(18-21-12-7-5-8-13-21)34-28(39)24(19-26(37)33-4)35-31(42)43-20-22-14-9-6-10-15-22/h5-10,12-15,23-25,27,38H,11,16-20H2,1-4H3,(H,33,37)(H,34,39)(H,35,42). The van der Waals surface area contributed by atoms with E-state index < -0.39 is 66.0 Å². The van der Waals surface area contributed by atoms with Crippen molar-refractivity contribution in [3.8, 4) is 0 Å². The van der Waals surface area contributed by atoms with Gasteiger partial charge in [-0.15, -0.1) is 0 Å². The van der Waals surface area contributed by atoms with Crippen molar-refractivity contribution < 1.29 is 38.6 Å². The van der Waals surface area contributed by atoms with Crippen LogP contribution in [0.3, 0.4) is 0 Å². The molecule has 4 amide bonds. The van der Waals surface area contributed by atoms with Crippen molar-refractivity contribution in [1.82, 2.24) is 20.9 Å². The Kier molecular flexibility index (Phi) is 12.3. The lowest BCUT2D eigenvalue weighted by atomic mass is 9.99. The van der Waals surface area contributed by atoms with Crippen molar-refractivity contribution in [2.75, 3.05) is 13.6 Å². The van der Waals surface area contributed by atoms with E-state index in [0.717, 1.165) is 5.56 Å². The third-order valence-electron chi connectivity index (χ3n) is 6.96. The van der Waals surface area contributed by atoms with E-state index in [4.69, 9.17) is 9.47 Å². The Balaban J connectivity index is 1.78. The number of aliphatic hydroxyl groups is 1. The van der Waals surface area contributed by atoms with Crippen molar-refractivity contribution >= 4 is 29.8 Å². The predicted octanol–water partition coefficient (Wildman–Crippen LogP) is 1.84. The van der Waals surface area contributed by atoms with Gasteiger partial charge >= 0.3 is 12.1 Å². The van der Waals surface area contributed by atoms with Crippen LogP contribution in [0.4, 0.5) is 4.79 Å². The van der Waals surface area contributed by atoms with Crippen LogP contribution in [0.2, 0.25) is 0 Å². The molecular formula is C32H42N4O8. The molecule has 4 N–H and O–H groups in total. The van der Waals surface area contributed by atoms with E-state index in [1.807, 2.05) is 6.07 Å². The summed E-state index contributed by atoms with van der Waals surface area (Å²) in [5.41, 5.74) is 0.685. The van der Waals surface area contributed by atoms with Crippen LogP contribution < -0.4 is 16.0 Å². The maximum atomic E-state index is 13.6. The molecule has 0 spiro atoms. The zero-order valence-electron chi connectivity index (χ0n) is 25.6. The van der Waals surface area contributed by atoms with Crippen molar-refractivity contribution in [2.24, 2.45) is 0 Å². The van der Waals surface area contributed by atoms with Gasteiger partial charge in [-0.1, -0.05) is 60.7 Å². The molecule has 0 aromatic heterocycles. The minimum absolute atomic E-state index is 0.0512. The smallest absolute Gasteiger partial charge is 0.408 e. The Hall–Kier alpha value is -4.45. The molecule has 1 heterocycles. The number of aliphatic hydroxyl groups excluding tert-OH is 1. The molecular weight excluding hydrogens is 568 g/mol. The average molecular weight is 611 g/mol. The molecule has 3 rings (SSSR count). The van der Waals surface area contributed by atoms with Crippen LogP contribution in [0.25, 0.3) is 0 Å². The highest BCUT2D eigenvalue weighted by Crippen LogP contribution is 2.23. The summed E-state index contributed by atoms with van der Waals surface area (Å²) in [6.07, 6.45) is -2.11. The molecule has 2 aromatic rings. The highest BCUT2D eigenvalue weighted by Gasteiger charge is 2.41. The lowest BCUT2D eigenvalue weighted by Crippen LogP contribution is -2.58. The van der Waals surface area contributed by atoms with Gasteiger partial charge in [0.15, 0.2) is 6.10 Å². The Labute approximate surface area is 257 Å². The van der Waals surface area contributed by atoms with Crippen LogP contribution in [-0.4, -0.2) is 83.2 Å². The highest BCUT2D eigenvalue weighted by molar-refractivity contribution is 5.92. The molecule has 1 aliphatic heterocycles. The molecule has 0 bridgehead atoms. The first-order chi connectivity index (χ1) is 20.9. The van der Waals surface area contributed by atoms with Gasteiger partial charge in [-0.05, 0) is 51.2 Å². The Morgan fingerprint density at radius 2 is 1.57 bits per heavy atom. The molecule has 44 heavy (non-hydrogen) atoms. The van der Waals surface area contributed by atoms with E-state index in [1.165, 1.54) is 11.9 Å². The Morgan fingerprint density at radius 3 is 2.16 bits per heavy atom. The topological polar surface area (TPSA) is 163 Å². The summed E-state index contributed by atoms with van der Waals surface area (Å²) in [5, 5.41) is 18.8. The summed E-state index contributed by atoms with van der Waals surface area (Å²) in [5.74, 6) is -2.63. The van der Waals surface area contributed by atoms with Gasteiger partial charge in [0.1, 0.15) is 24.3 Å². The van der Waals surface area contributed by atoms with Gasteiger partial charge in [0, 0.05) is 13.6 Å². The number of likely N-dealkylation sites (tertiary alicyclic amines) is 1. The number of benzene rings is 2. The summed E-state index contributed by atoms with van der Waals surface area (Å²) >= 11 is 0. The zero-order chi connectivity index (χ0) is 32.3. The Bertz CT molecular complexity index is 1280. The first kappa shape index (κ1) is 34.0. The van der Waals surface area contributed by atoms with Crippen LogP contribution in [0.15, 0.2) is 60.7 Å². The summed E-state index contributed by atoms with van der Waals surface area (Å²) in [4.78, 5) is 66.1. The van der Waals surface area contributed by atoms with Gasteiger partial charge in [0.05, 0.1) is 12.5 Å². The summed E-state index contributed by atoms with van der Waals surface area (Å²) in [7, 11) is 1.39. The first-order valence-electron chi connectivity index (χ1n) is 14.6. The largest absolute Gasteiger partial charge is 0.458 e.